The first-order valence-corrected chi connectivity index (χ1v) is 14.5. The van der Waals surface area contributed by atoms with Gasteiger partial charge in [-0.1, -0.05) is 28.5 Å². The van der Waals surface area contributed by atoms with E-state index in [2.05, 4.69) is 10.7 Å². The molecule has 0 bridgehead atoms. The van der Waals surface area contributed by atoms with Gasteiger partial charge < -0.3 is 25.0 Å². The minimum Gasteiger partial charge on any atom is -0.480 e. The molecule has 0 aliphatic heterocycles. The number of carboxylic acid groups (broad SMARTS) is 2. The van der Waals surface area contributed by atoms with Gasteiger partial charge in [0.25, 0.3) is 0 Å². The topological polar surface area (TPSA) is 161 Å². The lowest BCUT2D eigenvalue weighted by Gasteiger charge is -2.48. The molecule has 2 atom stereocenters. The minimum atomic E-state index is -1.37. The van der Waals surface area contributed by atoms with Crippen LogP contribution in [0.25, 0.3) is 0 Å². The average Bonchev–Trinajstić information content (AvgIpc) is 2.71. The van der Waals surface area contributed by atoms with Crippen LogP contribution in [0, 0.1) is 0 Å². The summed E-state index contributed by atoms with van der Waals surface area (Å²) >= 11 is 0. The number of hydrazine groups is 1. The average molecular weight is 584 g/mol. The third-order valence-electron chi connectivity index (χ3n) is 4.99. The summed E-state index contributed by atoms with van der Waals surface area (Å²) in [5.41, 5.74) is 1.40. The van der Waals surface area contributed by atoms with Gasteiger partial charge in [-0.2, -0.15) is 5.43 Å². The van der Waals surface area contributed by atoms with Crippen LogP contribution in [0.5, 0.6) is 0 Å². The molecule has 13 nitrogen and oxygen atoms in total. The molecule has 38 heavy (non-hydrogen) atoms. The molecule has 1 unspecified atom stereocenters. The number of carbonyl (C=O) groups is 4. The number of carboxylic acids is 2. The molecule has 0 aromatic carbocycles. The predicted octanol–water partition coefficient (Wildman–Crippen LogP) is 2.73. The summed E-state index contributed by atoms with van der Waals surface area (Å²) in [4.78, 5) is 52.8. The van der Waals surface area contributed by atoms with Crippen LogP contribution in [0.4, 0.5) is 9.59 Å². The first-order valence-electron chi connectivity index (χ1n) is 12.0. The Hall–Kier alpha value is -1.94. The third kappa shape index (κ3) is 12.3. The molecular formula is C23H45N5O8S2. The Morgan fingerprint density at radius 2 is 1.29 bits per heavy atom. The van der Waals surface area contributed by atoms with E-state index in [4.69, 9.17) is 9.47 Å². The van der Waals surface area contributed by atoms with E-state index in [0.29, 0.717) is 6.42 Å². The van der Waals surface area contributed by atoms with Gasteiger partial charge in [0.15, 0.2) is 6.04 Å². The number of amides is 2. The van der Waals surface area contributed by atoms with Crippen LogP contribution >= 0.6 is 21.6 Å². The van der Waals surface area contributed by atoms with Crippen molar-refractivity contribution in [1.29, 1.82) is 0 Å². The molecule has 15 heteroatoms. The summed E-state index contributed by atoms with van der Waals surface area (Å²) in [6.45, 7) is 11.9. The zero-order valence-electron chi connectivity index (χ0n) is 24.3. The van der Waals surface area contributed by atoms with Gasteiger partial charge in [0, 0.05) is 11.5 Å². The zero-order valence-corrected chi connectivity index (χ0v) is 25.9. The van der Waals surface area contributed by atoms with Gasteiger partial charge >= 0.3 is 24.1 Å². The van der Waals surface area contributed by atoms with Crippen molar-refractivity contribution in [3.05, 3.63) is 0 Å². The molecule has 0 fully saturated rings. The molecule has 0 radical (unpaired) electrons. The molecule has 0 aromatic heterocycles. The largest absolute Gasteiger partial charge is 0.480 e. The molecule has 0 aliphatic carbocycles. The van der Waals surface area contributed by atoms with Crippen LogP contribution in [0.15, 0.2) is 0 Å². The lowest BCUT2D eigenvalue weighted by molar-refractivity contribution is -0.149. The highest BCUT2D eigenvalue weighted by atomic mass is 33.1. The van der Waals surface area contributed by atoms with Gasteiger partial charge in [-0.25, -0.2) is 24.2 Å². The van der Waals surface area contributed by atoms with Crippen molar-refractivity contribution in [1.82, 2.24) is 25.6 Å². The molecule has 0 aromatic rings. The third-order valence-corrected chi connectivity index (χ3v) is 7.40. The molecule has 0 rings (SSSR count). The number of carbonyl (C=O) groups excluding carboxylic acids is 2. The SMILES string of the molecule is CCC(NN(C(=O)OC(C)(C)C)[C@@H](CSSCC(NC(=O)OC(C)(C)C)C(=O)O)C(=O)O)(N(C)C)N(C)C. The number of ether oxygens (including phenoxy) is 2. The van der Waals surface area contributed by atoms with Crippen LogP contribution < -0.4 is 10.7 Å². The Labute approximate surface area is 233 Å². The highest BCUT2D eigenvalue weighted by Crippen LogP contribution is 2.27. The van der Waals surface area contributed by atoms with E-state index in [0.717, 1.165) is 26.6 Å². The van der Waals surface area contributed by atoms with Gasteiger partial charge in [-0.15, -0.1) is 0 Å². The van der Waals surface area contributed by atoms with Crippen LogP contribution in [0.2, 0.25) is 0 Å². The molecule has 0 spiro atoms. The van der Waals surface area contributed by atoms with Crippen molar-refractivity contribution in [2.75, 3.05) is 39.7 Å². The fourth-order valence-electron chi connectivity index (χ4n) is 3.18. The summed E-state index contributed by atoms with van der Waals surface area (Å²) in [7, 11) is 9.30. The number of hydrogen-bond acceptors (Lipinski definition) is 11. The van der Waals surface area contributed by atoms with Gasteiger partial charge in [0.2, 0.25) is 0 Å². The second kappa shape index (κ2) is 15.0. The number of aliphatic carboxylic acids is 2. The second-order valence-corrected chi connectivity index (χ2v) is 13.4. The summed E-state index contributed by atoms with van der Waals surface area (Å²) in [6, 6.07) is -2.63. The maximum absolute atomic E-state index is 13.2. The molecule has 2 amide bonds. The fourth-order valence-corrected chi connectivity index (χ4v) is 5.52. The highest BCUT2D eigenvalue weighted by Gasteiger charge is 2.42. The smallest absolute Gasteiger partial charge is 0.425 e. The van der Waals surface area contributed by atoms with E-state index in [-0.39, 0.29) is 11.5 Å². The van der Waals surface area contributed by atoms with Crippen molar-refractivity contribution >= 4 is 45.7 Å². The number of nitrogens with one attached hydrogen (secondary N) is 2. The number of hydrogen-bond donors (Lipinski definition) is 4. The van der Waals surface area contributed by atoms with Crippen molar-refractivity contribution < 1.29 is 38.9 Å². The Morgan fingerprint density at radius 3 is 1.66 bits per heavy atom. The van der Waals surface area contributed by atoms with Crippen molar-refractivity contribution in [2.45, 2.75) is 84.0 Å². The van der Waals surface area contributed by atoms with E-state index in [9.17, 15) is 29.4 Å². The fraction of sp³-hybridized carbons (Fsp3) is 0.826. The lowest BCUT2D eigenvalue weighted by atomic mass is 10.2. The summed E-state index contributed by atoms with van der Waals surface area (Å²) in [5, 5.41) is 22.8. The van der Waals surface area contributed by atoms with Gasteiger partial charge in [-0.3, -0.25) is 9.80 Å². The molecule has 0 aliphatic rings. The Morgan fingerprint density at radius 1 is 0.816 bits per heavy atom. The number of rotatable bonds is 14. The van der Waals surface area contributed by atoms with Crippen LogP contribution in [0.1, 0.15) is 54.9 Å². The van der Waals surface area contributed by atoms with Crippen molar-refractivity contribution in [2.24, 2.45) is 0 Å². The van der Waals surface area contributed by atoms with Gasteiger partial charge in [0.05, 0.1) is 0 Å². The van der Waals surface area contributed by atoms with Crippen molar-refractivity contribution in [3.63, 3.8) is 0 Å². The zero-order chi connectivity index (χ0) is 30.1. The second-order valence-electron chi connectivity index (χ2n) is 10.9. The number of nitrogens with zero attached hydrogens (tertiary/aromatic N) is 3. The molecule has 0 saturated carbocycles. The van der Waals surface area contributed by atoms with Crippen LogP contribution in [-0.2, 0) is 19.1 Å². The van der Waals surface area contributed by atoms with E-state index >= 15 is 0 Å². The van der Waals surface area contributed by atoms with Crippen LogP contribution in [-0.4, -0.2) is 118 Å². The molecule has 4 N–H and O–H groups in total. The van der Waals surface area contributed by atoms with E-state index in [1.807, 2.05) is 16.7 Å². The minimum absolute atomic E-state index is 0.0697. The quantitative estimate of drug-likeness (QED) is 0.102. The molecule has 0 saturated heterocycles. The van der Waals surface area contributed by atoms with E-state index < -0.39 is 53.2 Å². The summed E-state index contributed by atoms with van der Waals surface area (Å²) in [5.74, 6) is -3.64. The van der Waals surface area contributed by atoms with E-state index in [1.54, 1.807) is 69.7 Å². The van der Waals surface area contributed by atoms with Gasteiger partial charge in [0.1, 0.15) is 23.0 Å². The van der Waals surface area contributed by atoms with E-state index in [1.165, 1.54) is 0 Å². The monoisotopic (exact) mass is 583 g/mol. The Balaban J connectivity index is 5.75. The van der Waals surface area contributed by atoms with Crippen LogP contribution in [0.3, 0.4) is 0 Å². The number of alkyl carbamates (subject to hydrolysis) is 1. The first-order chi connectivity index (χ1) is 17.2. The Kier molecular flexibility index (Phi) is 14.2. The lowest BCUT2D eigenvalue weighted by Crippen LogP contribution is -2.72. The molecule has 222 valence electrons. The predicted molar refractivity (Wildman–Crippen MR) is 149 cm³/mol. The van der Waals surface area contributed by atoms with Gasteiger partial charge in [-0.05, 0) is 76.2 Å². The maximum atomic E-state index is 13.2. The molecule has 0 heterocycles. The first kappa shape index (κ1) is 36.1. The standard InChI is InChI=1S/C23H45N5O8S2/c1-12-23(26(8)9,27(10)11)25-28(20(34)36-22(5,6)7)16(18(31)32)14-38-37-13-15(17(29)30)24-19(33)35-21(2,3)4/h15-16,25H,12-14H2,1-11H3,(H,24,33)(H,29,30)(H,31,32)/t15?,16-/m0/s1. The summed E-state index contributed by atoms with van der Waals surface area (Å²) in [6.07, 6.45) is -1.26. The summed E-state index contributed by atoms with van der Waals surface area (Å²) < 4.78 is 10.6. The molecular weight excluding hydrogens is 538 g/mol. The Bertz CT molecular complexity index is 807. The van der Waals surface area contributed by atoms with Crippen molar-refractivity contribution in [3.8, 4) is 0 Å². The normalized spacial score (nSPS) is 14.1. The maximum Gasteiger partial charge on any atom is 0.425 e. The highest BCUT2D eigenvalue weighted by molar-refractivity contribution is 8.76.